The number of rotatable bonds is 13. The van der Waals surface area contributed by atoms with Crippen molar-refractivity contribution in [3.05, 3.63) is 35.7 Å². The molecule has 1 heterocycles. The lowest BCUT2D eigenvalue weighted by atomic mass is 9.92. The third-order valence-electron chi connectivity index (χ3n) is 6.20. The molecule has 0 amide bonds. The van der Waals surface area contributed by atoms with Crippen molar-refractivity contribution in [2.24, 2.45) is 17.6 Å². The molecule has 28 heavy (non-hydrogen) atoms. The van der Waals surface area contributed by atoms with Crippen LogP contribution in [0.3, 0.4) is 0 Å². The Hall–Kier alpha value is -1.22. The average molecular weight is 390 g/mol. The van der Waals surface area contributed by atoms with Crippen LogP contribution >= 0.6 is 0 Å². The molecule has 162 valence electrons. The summed E-state index contributed by atoms with van der Waals surface area (Å²) in [6.07, 6.45) is 17.5. The minimum absolute atomic E-state index is 0.838. The number of nitrogens with zero attached hydrogens (tertiary/aromatic N) is 2. The first kappa shape index (κ1) is 24.8. The Kier molecular flexibility index (Phi) is 13.1. The lowest BCUT2D eigenvalue weighted by Gasteiger charge is -2.35. The van der Waals surface area contributed by atoms with Crippen LogP contribution in [0.5, 0.6) is 0 Å². The van der Waals surface area contributed by atoms with Gasteiger partial charge < -0.3 is 15.5 Å². The van der Waals surface area contributed by atoms with Crippen molar-refractivity contribution in [2.45, 2.75) is 79.6 Å². The predicted octanol–water partition coefficient (Wildman–Crippen LogP) is 5.95. The van der Waals surface area contributed by atoms with Crippen molar-refractivity contribution in [1.29, 1.82) is 0 Å². The van der Waals surface area contributed by atoms with Gasteiger partial charge in [0.1, 0.15) is 0 Å². The van der Waals surface area contributed by atoms with Gasteiger partial charge in [0.15, 0.2) is 0 Å². The summed E-state index contributed by atoms with van der Waals surface area (Å²) in [6, 6.07) is 0. The van der Waals surface area contributed by atoms with Crippen molar-refractivity contribution in [3.8, 4) is 0 Å². The Morgan fingerprint density at radius 1 is 1.11 bits per heavy atom. The van der Waals surface area contributed by atoms with Gasteiger partial charge in [-0.2, -0.15) is 0 Å². The van der Waals surface area contributed by atoms with Crippen LogP contribution in [-0.4, -0.2) is 42.5 Å². The normalized spacial score (nSPS) is 18.4. The van der Waals surface area contributed by atoms with E-state index in [0.29, 0.717) is 0 Å². The Bertz CT molecular complexity index is 484. The maximum atomic E-state index is 5.94. The maximum Gasteiger partial charge on any atom is 0.0326 e. The molecule has 1 saturated heterocycles. The highest BCUT2D eigenvalue weighted by Gasteiger charge is 2.20. The molecule has 1 fully saturated rings. The van der Waals surface area contributed by atoms with E-state index in [1.54, 1.807) is 0 Å². The fourth-order valence-corrected chi connectivity index (χ4v) is 3.89. The van der Waals surface area contributed by atoms with Crippen LogP contribution in [0.1, 0.15) is 79.6 Å². The van der Waals surface area contributed by atoms with E-state index in [0.717, 1.165) is 24.0 Å². The van der Waals surface area contributed by atoms with Gasteiger partial charge in [0.2, 0.25) is 0 Å². The summed E-state index contributed by atoms with van der Waals surface area (Å²) in [7, 11) is 0. The first-order chi connectivity index (χ1) is 13.5. The van der Waals surface area contributed by atoms with Crippen molar-refractivity contribution < 1.29 is 0 Å². The van der Waals surface area contributed by atoms with Gasteiger partial charge in [-0.15, -0.1) is 0 Å². The number of hydrogen-bond donors (Lipinski definition) is 1. The zero-order valence-electron chi connectivity index (χ0n) is 19.4. The first-order valence-electron chi connectivity index (χ1n) is 11.8. The molecule has 0 aliphatic carbocycles. The van der Waals surface area contributed by atoms with E-state index in [2.05, 4.69) is 49.6 Å². The maximum absolute atomic E-state index is 5.94. The molecular weight excluding hydrogens is 342 g/mol. The highest BCUT2D eigenvalue weighted by molar-refractivity contribution is 5.25. The Morgan fingerprint density at radius 2 is 1.82 bits per heavy atom. The van der Waals surface area contributed by atoms with Gasteiger partial charge in [-0.25, -0.2) is 0 Å². The quantitative estimate of drug-likeness (QED) is 0.395. The summed E-state index contributed by atoms with van der Waals surface area (Å²) in [4.78, 5) is 5.26. The lowest BCUT2D eigenvalue weighted by molar-refractivity contribution is 0.188. The summed E-state index contributed by atoms with van der Waals surface area (Å²) in [5.74, 6) is 1.74. The number of nitrogens with two attached hydrogens (primary N) is 1. The molecule has 0 aromatic carbocycles. The summed E-state index contributed by atoms with van der Waals surface area (Å²) in [5.41, 5.74) is 8.12. The fourth-order valence-electron chi connectivity index (χ4n) is 3.89. The molecule has 0 saturated carbocycles. The molecule has 1 atom stereocenters. The lowest BCUT2D eigenvalue weighted by Crippen LogP contribution is -2.35. The molecular formula is C25H47N3. The molecule has 1 unspecified atom stereocenters. The van der Waals surface area contributed by atoms with E-state index in [4.69, 9.17) is 5.73 Å². The largest absolute Gasteiger partial charge is 0.399 e. The van der Waals surface area contributed by atoms with Crippen LogP contribution < -0.4 is 5.73 Å². The second-order valence-corrected chi connectivity index (χ2v) is 8.52. The van der Waals surface area contributed by atoms with Gasteiger partial charge in [0.25, 0.3) is 0 Å². The molecule has 1 rings (SSSR count). The van der Waals surface area contributed by atoms with Gasteiger partial charge in [0.05, 0.1) is 0 Å². The standard InChI is InChI=1S/C25H47N3/c1-6-10-25(12-11-24(26)9-4)28-20-15-23(16-21-28)14-19-27(17-7-2)18-13-22(5)8-3/h9-12,22-23H,6-8,13-21,26H2,1-5H3/b12-11-,24-9+,25-10+. The fraction of sp³-hybridized carbons (Fsp3) is 0.760. The van der Waals surface area contributed by atoms with Crippen molar-refractivity contribution >= 4 is 0 Å². The zero-order valence-corrected chi connectivity index (χ0v) is 19.4. The van der Waals surface area contributed by atoms with E-state index in [-0.39, 0.29) is 0 Å². The van der Waals surface area contributed by atoms with Crippen LogP contribution in [0.15, 0.2) is 35.7 Å². The van der Waals surface area contributed by atoms with Crippen LogP contribution in [0.4, 0.5) is 0 Å². The highest BCUT2D eigenvalue weighted by atomic mass is 15.1. The summed E-state index contributed by atoms with van der Waals surface area (Å²) < 4.78 is 0. The van der Waals surface area contributed by atoms with E-state index >= 15 is 0 Å². The summed E-state index contributed by atoms with van der Waals surface area (Å²) in [5, 5.41) is 0. The van der Waals surface area contributed by atoms with Crippen molar-refractivity contribution in [2.75, 3.05) is 32.7 Å². The third kappa shape index (κ3) is 9.82. The molecule has 0 radical (unpaired) electrons. The SMILES string of the molecule is C\C=C(N)/C=C\C(=C/CC)N1CCC(CCN(CCC)CCC(C)CC)CC1. The molecule has 3 nitrogen and oxygen atoms in total. The Balaban J connectivity index is 2.46. The topological polar surface area (TPSA) is 32.5 Å². The van der Waals surface area contributed by atoms with Crippen LogP contribution in [0.25, 0.3) is 0 Å². The minimum Gasteiger partial charge on any atom is -0.399 e. The molecule has 1 aliphatic rings. The average Bonchev–Trinajstić information content (AvgIpc) is 2.72. The molecule has 2 N–H and O–H groups in total. The smallest absolute Gasteiger partial charge is 0.0326 e. The van der Waals surface area contributed by atoms with Gasteiger partial charge in [-0.05, 0) is 89.1 Å². The number of piperidine rings is 1. The molecule has 0 spiro atoms. The first-order valence-corrected chi connectivity index (χ1v) is 11.8. The van der Waals surface area contributed by atoms with Gasteiger partial charge >= 0.3 is 0 Å². The second kappa shape index (κ2) is 14.7. The van der Waals surface area contributed by atoms with E-state index < -0.39 is 0 Å². The van der Waals surface area contributed by atoms with Crippen molar-refractivity contribution in [3.63, 3.8) is 0 Å². The van der Waals surface area contributed by atoms with Gasteiger partial charge in [-0.1, -0.05) is 46.3 Å². The highest BCUT2D eigenvalue weighted by Crippen LogP contribution is 2.24. The van der Waals surface area contributed by atoms with Gasteiger partial charge in [-0.3, -0.25) is 0 Å². The summed E-state index contributed by atoms with van der Waals surface area (Å²) in [6.45, 7) is 17.4. The van der Waals surface area contributed by atoms with Crippen LogP contribution in [0, 0.1) is 11.8 Å². The molecule has 3 heteroatoms. The van der Waals surface area contributed by atoms with E-state index in [1.165, 1.54) is 76.9 Å². The third-order valence-corrected chi connectivity index (χ3v) is 6.20. The molecule has 0 aromatic rings. The Labute approximate surface area is 175 Å². The number of allylic oxidation sites excluding steroid dienone is 4. The number of hydrogen-bond acceptors (Lipinski definition) is 3. The number of likely N-dealkylation sites (tertiary alicyclic amines) is 1. The molecule has 0 bridgehead atoms. The predicted molar refractivity (Wildman–Crippen MR) is 125 cm³/mol. The van der Waals surface area contributed by atoms with E-state index in [9.17, 15) is 0 Å². The molecule has 1 aliphatic heterocycles. The van der Waals surface area contributed by atoms with E-state index in [1.807, 2.05) is 19.1 Å². The van der Waals surface area contributed by atoms with Crippen LogP contribution in [-0.2, 0) is 0 Å². The molecule has 0 aromatic heterocycles. The van der Waals surface area contributed by atoms with Gasteiger partial charge in [0, 0.05) is 24.5 Å². The monoisotopic (exact) mass is 389 g/mol. The minimum atomic E-state index is 0.838. The van der Waals surface area contributed by atoms with Crippen molar-refractivity contribution in [1.82, 2.24) is 9.80 Å². The summed E-state index contributed by atoms with van der Waals surface area (Å²) >= 11 is 0. The Morgan fingerprint density at radius 3 is 2.39 bits per heavy atom. The van der Waals surface area contributed by atoms with Crippen LogP contribution in [0.2, 0.25) is 0 Å². The second-order valence-electron chi connectivity index (χ2n) is 8.52. The zero-order chi connectivity index (χ0) is 20.8.